The fourth-order valence-corrected chi connectivity index (χ4v) is 2.04. The van der Waals surface area contributed by atoms with E-state index in [2.05, 4.69) is 22.6 Å². The van der Waals surface area contributed by atoms with Crippen molar-refractivity contribution < 1.29 is 9.90 Å². The van der Waals surface area contributed by atoms with Crippen molar-refractivity contribution in [3.63, 3.8) is 0 Å². The summed E-state index contributed by atoms with van der Waals surface area (Å²) in [5.74, 6) is -0.757. The van der Waals surface area contributed by atoms with Gasteiger partial charge < -0.3 is 9.67 Å². The lowest BCUT2D eigenvalue weighted by molar-refractivity contribution is -0.137. The van der Waals surface area contributed by atoms with Crippen LogP contribution in [-0.2, 0) is 11.3 Å². The Kier molecular flexibility index (Phi) is 5.67. The average molecular weight is 349 g/mol. The van der Waals surface area contributed by atoms with Gasteiger partial charge in [-0.2, -0.15) is 0 Å². The summed E-state index contributed by atoms with van der Waals surface area (Å²) in [5, 5.41) is 8.48. The molecule has 1 aromatic rings. The molecule has 0 aromatic carbocycles. The van der Waals surface area contributed by atoms with Crippen molar-refractivity contribution in [2.75, 3.05) is 0 Å². The van der Waals surface area contributed by atoms with Crippen LogP contribution >= 0.6 is 22.6 Å². The number of unbranched alkanes of at least 4 members (excludes halogenated alkanes) is 2. The monoisotopic (exact) mass is 349 g/mol. The topological polar surface area (TPSA) is 59.3 Å². The van der Waals surface area contributed by atoms with Gasteiger partial charge >= 0.3 is 5.97 Å². The molecule has 1 rings (SSSR count). The maximum absolute atomic E-state index is 11.6. The summed E-state index contributed by atoms with van der Waals surface area (Å²) in [6.07, 6.45) is 4.41. The molecule has 1 heterocycles. The molecule has 5 heteroatoms. The van der Waals surface area contributed by atoms with Gasteiger partial charge in [-0.25, -0.2) is 0 Å². The molecule has 4 nitrogen and oxygen atoms in total. The first kappa shape index (κ1) is 14.2. The maximum Gasteiger partial charge on any atom is 0.303 e. The van der Waals surface area contributed by atoms with Gasteiger partial charge in [-0.1, -0.05) is 6.42 Å². The molecular formula is C12H16INO3. The summed E-state index contributed by atoms with van der Waals surface area (Å²) < 4.78 is 2.77. The van der Waals surface area contributed by atoms with E-state index in [9.17, 15) is 9.59 Å². The average Bonchev–Trinajstić information content (AvgIpc) is 2.24. The smallest absolute Gasteiger partial charge is 0.303 e. The Morgan fingerprint density at radius 1 is 1.41 bits per heavy atom. The Hall–Kier alpha value is -0.850. The number of hydrogen-bond donors (Lipinski definition) is 1. The van der Waals surface area contributed by atoms with Gasteiger partial charge in [-0.15, -0.1) is 0 Å². The van der Waals surface area contributed by atoms with Crippen molar-refractivity contribution in [2.24, 2.45) is 0 Å². The van der Waals surface area contributed by atoms with Crippen LogP contribution < -0.4 is 5.56 Å². The predicted molar refractivity (Wildman–Crippen MR) is 74.3 cm³/mol. The zero-order chi connectivity index (χ0) is 12.8. The molecule has 1 aromatic heterocycles. The molecule has 0 aliphatic rings. The normalized spacial score (nSPS) is 10.5. The summed E-state index contributed by atoms with van der Waals surface area (Å²) in [6.45, 7) is 2.58. The zero-order valence-electron chi connectivity index (χ0n) is 9.78. The number of carbonyl (C=O) groups is 1. The van der Waals surface area contributed by atoms with Crippen molar-refractivity contribution in [1.82, 2.24) is 4.57 Å². The zero-order valence-corrected chi connectivity index (χ0v) is 11.9. The molecule has 0 spiro atoms. The molecule has 0 radical (unpaired) electrons. The van der Waals surface area contributed by atoms with E-state index in [0.29, 0.717) is 13.0 Å². The lowest BCUT2D eigenvalue weighted by Gasteiger charge is -2.07. The number of aryl methyl sites for hydroxylation is 2. The molecule has 1 N–H and O–H groups in total. The second-order valence-electron chi connectivity index (χ2n) is 4.04. The minimum Gasteiger partial charge on any atom is -0.481 e. The molecular weight excluding hydrogens is 333 g/mol. The highest BCUT2D eigenvalue weighted by Crippen LogP contribution is 2.08. The highest BCUT2D eigenvalue weighted by Gasteiger charge is 2.01. The minimum absolute atomic E-state index is 0.0150. The van der Waals surface area contributed by atoms with Gasteiger partial charge in [0.2, 0.25) is 0 Å². The van der Waals surface area contributed by atoms with Gasteiger partial charge in [-0.3, -0.25) is 9.59 Å². The largest absolute Gasteiger partial charge is 0.481 e. The van der Waals surface area contributed by atoms with Crippen molar-refractivity contribution in [2.45, 2.75) is 39.2 Å². The van der Waals surface area contributed by atoms with Gasteiger partial charge in [0, 0.05) is 28.8 Å². The predicted octanol–water partition coefficient (Wildman–Crippen LogP) is 2.41. The van der Waals surface area contributed by atoms with Crippen LogP contribution in [0.25, 0.3) is 0 Å². The lowest BCUT2D eigenvalue weighted by Crippen LogP contribution is -2.19. The molecule has 0 aliphatic heterocycles. The van der Waals surface area contributed by atoms with Crippen LogP contribution in [0.5, 0.6) is 0 Å². The van der Waals surface area contributed by atoms with Crippen molar-refractivity contribution in [1.29, 1.82) is 0 Å². The van der Waals surface area contributed by atoms with E-state index in [1.807, 2.05) is 13.1 Å². The molecule has 0 unspecified atom stereocenters. The Labute approximate surface area is 114 Å². The Morgan fingerprint density at radius 3 is 2.76 bits per heavy atom. The molecule has 0 saturated heterocycles. The van der Waals surface area contributed by atoms with Crippen LogP contribution in [0.4, 0.5) is 0 Å². The quantitative estimate of drug-likeness (QED) is 0.634. The molecule has 0 bridgehead atoms. The summed E-state index contributed by atoms with van der Waals surface area (Å²) in [5.41, 5.74) is 1.01. The molecule has 0 aliphatic carbocycles. The van der Waals surface area contributed by atoms with Crippen LogP contribution in [0.1, 0.15) is 31.2 Å². The van der Waals surface area contributed by atoms with E-state index in [0.717, 1.165) is 22.0 Å². The number of aromatic nitrogens is 1. The van der Waals surface area contributed by atoms with E-state index in [1.165, 1.54) is 0 Å². The molecule has 0 amide bonds. The fraction of sp³-hybridized carbons (Fsp3) is 0.500. The number of halogens is 1. The Bertz CT molecular complexity index is 454. The molecule has 0 atom stereocenters. The third kappa shape index (κ3) is 4.89. The number of carboxylic acid groups (broad SMARTS) is 1. The Morgan fingerprint density at radius 2 is 2.12 bits per heavy atom. The molecule has 17 heavy (non-hydrogen) atoms. The van der Waals surface area contributed by atoms with E-state index in [4.69, 9.17) is 5.11 Å². The van der Waals surface area contributed by atoms with Crippen molar-refractivity contribution in [3.8, 4) is 0 Å². The number of rotatable bonds is 6. The number of carboxylic acids is 1. The Balaban J connectivity index is 2.44. The third-order valence-electron chi connectivity index (χ3n) is 2.56. The van der Waals surface area contributed by atoms with Gasteiger partial charge in [0.25, 0.3) is 5.56 Å². The maximum atomic E-state index is 11.6. The van der Waals surface area contributed by atoms with E-state index in [-0.39, 0.29) is 12.0 Å². The fourth-order valence-electron chi connectivity index (χ4n) is 1.55. The molecule has 0 fully saturated rings. The highest BCUT2D eigenvalue weighted by atomic mass is 127. The van der Waals surface area contributed by atoms with Gasteiger partial charge in [0.05, 0.1) is 0 Å². The van der Waals surface area contributed by atoms with Gasteiger partial charge in [0.15, 0.2) is 0 Å². The lowest BCUT2D eigenvalue weighted by atomic mass is 10.2. The number of pyridine rings is 1. The van der Waals surface area contributed by atoms with Crippen LogP contribution in [-0.4, -0.2) is 15.6 Å². The highest BCUT2D eigenvalue weighted by molar-refractivity contribution is 14.1. The number of nitrogens with zero attached hydrogens (tertiary/aromatic N) is 1. The van der Waals surface area contributed by atoms with E-state index in [1.54, 1.807) is 10.6 Å². The van der Waals surface area contributed by atoms with Crippen LogP contribution in [0.3, 0.4) is 0 Å². The standard InChI is InChI=1S/C12H16INO3/c1-9-7-11(15)14(8-10(9)13)6-4-2-3-5-12(16)17/h7-8H,2-6H2,1H3,(H,16,17). The summed E-state index contributed by atoms with van der Waals surface area (Å²) in [6, 6.07) is 1.64. The summed E-state index contributed by atoms with van der Waals surface area (Å²) in [4.78, 5) is 21.9. The van der Waals surface area contributed by atoms with E-state index >= 15 is 0 Å². The first-order chi connectivity index (χ1) is 8.00. The molecule has 94 valence electrons. The van der Waals surface area contributed by atoms with E-state index < -0.39 is 5.97 Å². The van der Waals surface area contributed by atoms with Gasteiger partial charge in [-0.05, 0) is 47.9 Å². The van der Waals surface area contributed by atoms with Gasteiger partial charge in [0.1, 0.15) is 0 Å². The first-order valence-electron chi connectivity index (χ1n) is 5.59. The van der Waals surface area contributed by atoms with Crippen molar-refractivity contribution in [3.05, 3.63) is 31.8 Å². The third-order valence-corrected chi connectivity index (χ3v) is 3.69. The first-order valence-corrected chi connectivity index (χ1v) is 6.67. The second kappa shape index (κ2) is 6.78. The summed E-state index contributed by atoms with van der Waals surface area (Å²) >= 11 is 2.21. The minimum atomic E-state index is -0.757. The number of aliphatic carboxylic acids is 1. The second-order valence-corrected chi connectivity index (χ2v) is 5.20. The van der Waals surface area contributed by atoms with Crippen LogP contribution in [0.15, 0.2) is 17.1 Å². The van der Waals surface area contributed by atoms with Crippen LogP contribution in [0.2, 0.25) is 0 Å². The number of hydrogen-bond acceptors (Lipinski definition) is 2. The summed E-state index contributed by atoms with van der Waals surface area (Å²) in [7, 11) is 0. The van der Waals surface area contributed by atoms with Crippen molar-refractivity contribution >= 4 is 28.6 Å². The van der Waals surface area contributed by atoms with Crippen LogP contribution in [0, 0.1) is 10.5 Å². The SMILES string of the molecule is Cc1cc(=O)n(CCCCCC(=O)O)cc1I. The molecule has 0 saturated carbocycles.